The van der Waals surface area contributed by atoms with Crippen LogP contribution in [0.25, 0.3) is 10.8 Å². The summed E-state index contributed by atoms with van der Waals surface area (Å²) in [6.07, 6.45) is 5.88. The van der Waals surface area contributed by atoms with Gasteiger partial charge in [-0.05, 0) is 78.8 Å². The Balaban J connectivity index is 1.40. The van der Waals surface area contributed by atoms with Gasteiger partial charge >= 0.3 is 7.60 Å². The van der Waals surface area contributed by atoms with Crippen LogP contribution in [0.15, 0.2) is 54.6 Å². The second kappa shape index (κ2) is 11.4. The van der Waals surface area contributed by atoms with Crippen molar-refractivity contribution in [1.29, 1.82) is 0 Å². The first kappa shape index (κ1) is 25.4. The number of carbonyl (C=O) groups excluding carboxylic acids is 1. The van der Waals surface area contributed by atoms with Gasteiger partial charge in [0.25, 0.3) is 0 Å². The number of anilines is 1. The van der Waals surface area contributed by atoms with Crippen LogP contribution in [-0.2, 0) is 17.4 Å². The molecule has 0 spiro atoms. The molecule has 6 nitrogen and oxygen atoms in total. The zero-order chi connectivity index (χ0) is 24.8. The molecular formula is C28H34NO5P. The second-order valence-electron chi connectivity index (χ2n) is 9.55. The molecule has 0 bridgehead atoms. The van der Waals surface area contributed by atoms with Gasteiger partial charge in [0.2, 0.25) is 0 Å². The number of nitrogens with one attached hydrogen (secondary N) is 1. The van der Waals surface area contributed by atoms with Gasteiger partial charge in [-0.15, -0.1) is 0 Å². The number of benzene rings is 3. The fourth-order valence-electron chi connectivity index (χ4n) is 4.28. The van der Waals surface area contributed by atoms with E-state index in [1.165, 1.54) is 18.4 Å². The van der Waals surface area contributed by atoms with Gasteiger partial charge in [0, 0.05) is 35.8 Å². The van der Waals surface area contributed by atoms with Crippen LogP contribution < -0.4 is 10.1 Å². The van der Waals surface area contributed by atoms with E-state index in [-0.39, 0.29) is 11.9 Å². The van der Waals surface area contributed by atoms with Crippen LogP contribution in [0.1, 0.15) is 53.6 Å². The summed E-state index contributed by atoms with van der Waals surface area (Å²) in [6.45, 7) is 0.921. The van der Waals surface area contributed by atoms with Crippen LogP contribution in [0.2, 0.25) is 0 Å². The average molecular weight is 496 g/mol. The molecule has 0 aromatic heterocycles. The molecule has 0 atom stereocenters. The monoisotopic (exact) mass is 495 g/mol. The summed E-state index contributed by atoms with van der Waals surface area (Å²) in [5.74, 6) is 1.61. The summed E-state index contributed by atoms with van der Waals surface area (Å²) >= 11 is 0. The normalized spacial score (nSPS) is 13.7. The summed E-state index contributed by atoms with van der Waals surface area (Å²) in [4.78, 5) is 31.0. The Morgan fingerprint density at radius 2 is 1.74 bits per heavy atom. The minimum Gasteiger partial charge on any atom is -0.497 e. The third kappa shape index (κ3) is 7.66. The number of hydrogen-bond donors (Lipinski definition) is 3. The van der Waals surface area contributed by atoms with Gasteiger partial charge in [-0.1, -0.05) is 36.8 Å². The topological polar surface area (TPSA) is 95.9 Å². The number of aryl methyl sites for hydroxylation is 1. The van der Waals surface area contributed by atoms with Gasteiger partial charge in [0.15, 0.2) is 5.78 Å². The Hall–Kier alpha value is -2.66. The molecular weight excluding hydrogens is 461 g/mol. The van der Waals surface area contributed by atoms with Crippen molar-refractivity contribution in [2.45, 2.75) is 44.9 Å². The molecule has 1 aliphatic carbocycles. The van der Waals surface area contributed by atoms with Gasteiger partial charge in [-0.2, -0.15) is 0 Å². The minimum absolute atomic E-state index is 0.0474. The van der Waals surface area contributed by atoms with E-state index in [1.807, 2.05) is 54.6 Å². The highest BCUT2D eigenvalue weighted by molar-refractivity contribution is 7.51. The number of Topliss-reactive ketones (excluding diaryl/α,β-unsaturated/α-hetero) is 1. The quantitative estimate of drug-likeness (QED) is 0.153. The van der Waals surface area contributed by atoms with Crippen molar-refractivity contribution < 1.29 is 23.9 Å². The van der Waals surface area contributed by atoms with Crippen molar-refractivity contribution in [3.05, 3.63) is 71.3 Å². The van der Waals surface area contributed by atoms with Crippen molar-refractivity contribution in [3.63, 3.8) is 0 Å². The van der Waals surface area contributed by atoms with Gasteiger partial charge in [-0.3, -0.25) is 9.36 Å². The maximum Gasteiger partial charge on any atom is 0.325 e. The zero-order valence-electron chi connectivity index (χ0n) is 20.2. The molecule has 0 saturated heterocycles. The highest BCUT2D eigenvalue weighted by Gasteiger charge is 2.21. The zero-order valence-corrected chi connectivity index (χ0v) is 21.1. The third-order valence-corrected chi connectivity index (χ3v) is 7.46. The predicted molar refractivity (Wildman–Crippen MR) is 141 cm³/mol. The first-order valence-corrected chi connectivity index (χ1v) is 14.1. The van der Waals surface area contributed by atoms with E-state index in [4.69, 9.17) is 14.5 Å². The highest BCUT2D eigenvalue weighted by Crippen LogP contribution is 2.35. The van der Waals surface area contributed by atoms with Gasteiger partial charge in [-0.25, -0.2) is 0 Å². The molecule has 0 unspecified atom stereocenters. The molecule has 1 saturated carbocycles. The molecule has 0 heterocycles. The Kier molecular flexibility index (Phi) is 8.27. The lowest BCUT2D eigenvalue weighted by Gasteiger charge is -2.13. The van der Waals surface area contributed by atoms with E-state index in [0.717, 1.165) is 59.5 Å². The number of carbonyl (C=O) groups is 1. The van der Waals surface area contributed by atoms with E-state index in [1.54, 1.807) is 7.11 Å². The molecule has 3 N–H and O–H groups in total. The van der Waals surface area contributed by atoms with Gasteiger partial charge in [0.05, 0.1) is 7.11 Å². The third-order valence-electron chi connectivity index (χ3n) is 6.56. The van der Waals surface area contributed by atoms with Crippen molar-refractivity contribution in [2.24, 2.45) is 5.92 Å². The molecule has 3 aromatic carbocycles. The maximum absolute atomic E-state index is 13.2. The van der Waals surface area contributed by atoms with Crippen molar-refractivity contribution in [3.8, 4) is 5.75 Å². The molecule has 4 rings (SSSR count). The molecule has 0 radical (unpaired) electrons. The minimum atomic E-state index is -3.89. The summed E-state index contributed by atoms with van der Waals surface area (Å²) in [7, 11) is -2.23. The average Bonchev–Trinajstić information content (AvgIpc) is 3.66. The SMILES string of the molecule is COc1ccc2cc(C(=O)Cc3ccc(CCCCCP(=O)(O)O)cc3)cc(NCC3CC3)c2c1. The number of fused-ring (bicyclic) bond motifs is 1. The number of hydrogen-bond acceptors (Lipinski definition) is 4. The van der Waals surface area contributed by atoms with Crippen molar-refractivity contribution >= 4 is 29.8 Å². The van der Waals surface area contributed by atoms with E-state index < -0.39 is 7.60 Å². The fourth-order valence-corrected chi connectivity index (χ4v) is 4.92. The lowest BCUT2D eigenvalue weighted by molar-refractivity contribution is 0.0993. The highest BCUT2D eigenvalue weighted by atomic mass is 31.2. The van der Waals surface area contributed by atoms with Crippen LogP contribution in [0, 0.1) is 5.92 Å². The van der Waals surface area contributed by atoms with E-state index >= 15 is 0 Å². The molecule has 0 aliphatic heterocycles. The van der Waals surface area contributed by atoms with Crippen molar-refractivity contribution in [2.75, 3.05) is 25.1 Å². The van der Waals surface area contributed by atoms with Crippen molar-refractivity contribution in [1.82, 2.24) is 0 Å². The van der Waals surface area contributed by atoms with Gasteiger partial charge < -0.3 is 19.8 Å². The van der Waals surface area contributed by atoms with E-state index in [9.17, 15) is 9.36 Å². The first-order valence-electron chi connectivity index (χ1n) is 12.3. The predicted octanol–water partition coefficient (Wildman–Crippen LogP) is 5.99. The molecule has 186 valence electrons. The number of ether oxygens (including phenoxy) is 1. The maximum atomic E-state index is 13.2. The summed E-state index contributed by atoms with van der Waals surface area (Å²) < 4.78 is 16.3. The lowest BCUT2D eigenvalue weighted by atomic mass is 9.97. The number of ketones is 1. The summed E-state index contributed by atoms with van der Waals surface area (Å²) in [5.41, 5.74) is 3.83. The van der Waals surface area contributed by atoms with E-state index in [2.05, 4.69) is 5.32 Å². The summed E-state index contributed by atoms with van der Waals surface area (Å²) in [6, 6.07) is 18.0. The summed E-state index contributed by atoms with van der Waals surface area (Å²) in [5, 5.41) is 5.63. The number of unbranched alkanes of at least 4 members (excludes halogenated alkanes) is 2. The molecule has 1 aliphatic rings. The number of methoxy groups -OCH3 is 1. The first-order chi connectivity index (χ1) is 16.8. The van der Waals surface area contributed by atoms with Crippen LogP contribution in [0.3, 0.4) is 0 Å². The molecule has 1 fully saturated rings. The molecule has 0 amide bonds. The van der Waals surface area contributed by atoms with Gasteiger partial charge in [0.1, 0.15) is 5.75 Å². The van der Waals surface area contributed by atoms with Crippen LogP contribution in [0.4, 0.5) is 5.69 Å². The van der Waals surface area contributed by atoms with Crippen LogP contribution >= 0.6 is 7.60 Å². The van der Waals surface area contributed by atoms with Crippen LogP contribution in [0.5, 0.6) is 5.75 Å². The van der Waals surface area contributed by atoms with Crippen LogP contribution in [-0.4, -0.2) is 35.4 Å². The Bertz CT molecular complexity index is 1210. The molecule has 7 heteroatoms. The van der Waals surface area contributed by atoms with E-state index in [0.29, 0.717) is 18.4 Å². The Morgan fingerprint density at radius 3 is 2.43 bits per heavy atom. The number of rotatable bonds is 13. The fraction of sp³-hybridized carbons (Fsp3) is 0.393. The second-order valence-corrected chi connectivity index (χ2v) is 11.3. The standard InChI is InChI=1S/C28H34NO5P/c1-34-25-13-12-23-16-24(17-27(26(23)18-25)29-19-22-10-11-22)28(30)15-21-8-6-20(7-9-21)5-3-2-4-14-35(31,32)33/h6-9,12-13,16-18,22,29H,2-5,10-11,14-15,19H2,1H3,(H2,31,32,33). The molecule has 3 aromatic rings. The smallest absolute Gasteiger partial charge is 0.325 e. The Labute approximate surface area is 206 Å². The lowest BCUT2D eigenvalue weighted by Crippen LogP contribution is -2.08. The molecule has 35 heavy (non-hydrogen) atoms. The largest absolute Gasteiger partial charge is 0.497 e. The Morgan fingerprint density at radius 1 is 1.00 bits per heavy atom.